The number of anilines is 1. The van der Waals surface area contributed by atoms with Crippen molar-refractivity contribution in [3.8, 4) is 5.75 Å². The molecule has 2 amide bonds. The van der Waals surface area contributed by atoms with E-state index < -0.39 is 0 Å². The predicted molar refractivity (Wildman–Crippen MR) is 101 cm³/mol. The Hall–Kier alpha value is -2.53. The third-order valence-electron chi connectivity index (χ3n) is 4.43. The Morgan fingerprint density at radius 2 is 1.92 bits per heavy atom. The van der Waals surface area contributed by atoms with Gasteiger partial charge in [-0.1, -0.05) is 41.4 Å². The van der Waals surface area contributed by atoms with Crippen LogP contribution in [0.15, 0.2) is 42.5 Å². The summed E-state index contributed by atoms with van der Waals surface area (Å²) in [5, 5.41) is 6.13. The first-order chi connectivity index (χ1) is 12.5. The van der Waals surface area contributed by atoms with Gasteiger partial charge in [0.15, 0.2) is 0 Å². The van der Waals surface area contributed by atoms with Gasteiger partial charge in [-0.15, -0.1) is 0 Å². The molecule has 2 unspecified atom stereocenters. The van der Waals surface area contributed by atoms with Gasteiger partial charge in [0.05, 0.1) is 24.0 Å². The van der Waals surface area contributed by atoms with E-state index >= 15 is 0 Å². The first kappa shape index (κ1) is 18.3. The molecule has 0 heterocycles. The van der Waals surface area contributed by atoms with Crippen molar-refractivity contribution in [3.63, 3.8) is 0 Å². The van der Waals surface area contributed by atoms with E-state index in [0.29, 0.717) is 29.4 Å². The van der Waals surface area contributed by atoms with Gasteiger partial charge < -0.3 is 15.4 Å². The Kier molecular flexibility index (Phi) is 5.47. The van der Waals surface area contributed by atoms with Crippen LogP contribution in [0.3, 0.4) is 0 Å². The number of ether oxygens (including phenoxy) is 1. The van der Waals surface area contributed by atoms with Crippen LogP contribution in [0, 0.1) is 18.8 Å². The number of methoxy groups -OCH3 is 1. The lowest BCUT2D eigenvalue weighted by molar-refractivity contribution is -0.125. The van der Waals surface area contributed by atoms with E-state index in [1.807, 2.05) is 31.2 Å². The number of aryl methyl sites for hydroxylation is 1. The number of hydrogen-bond acceptors (Lipinski definition) is 3. The Bertz CT molecular complexity index is 838. The molecule has 1 aliphatic rings. The number of halogens is 1. The van der Waals surface area contributed by atoms with Crippen molar-refractivity contribution < 1.29 is 14.3 Å². The first-order valence-corrected chi connectivity index (χ1v) is 8.83. The number of carbonyl (C=O) groups excluding carboxylic acids is 2. The average Bonchev–Trinajstić information content (AvgIpc) is 3.41. The molecule has 0 bridgehead atoms. The molecule has 0 aromatic heterocycles. The minimum absolute atomic E-state index is 0.0839. The standard InChI is InChI=1S/C20H21ClN2O3/c1-12-4-3-5-13(8-12)11-22-19(24)15-10-16(15)20(25)23-14-6-7-18(26-2)17(21)9-14/h3-9,15-16H,10-11H2,1-2H3,(H,22,24)(H,23,25). The minimum atomic E-state index is -0.298. The highest BCUT2D eigenvalue weighted by Gasteiger charge is 2.47. The van der Waals surface area contributed by atoms with Gasteiger partial charge >= 0.3 is 0 Å². The van der Waals surface area contributed by atoms with E-state index in [0.717, 1.165) is 11.1 Å². The summed E-state index contributed by atoms with van der Waals surface area (Å²) < 4.78 is 5.09. The molecule has 26 heavy (non-hydrogen) atoms. The molecule has 2 N–H and O–H groups in total. The van der Waals surface area contributed by atoms with Gasteiger partial charge in [-0.25, -0.2) is 0 Å². The van der Waals surface area contributed by atoms with Crippen molar-refractivity contribution in [2.24, 2.45) is 11.8 Å². The number of rotatable bonds is 6. The van der Waals surface area contributed by atoms with E-state index in [2.05, 4.69) is 10.6 Å². The second kappa shape index (κ2) is 7.79. The molecule has 2 aromatic rings. The van der Waals surface area contributed by atoms with Gasteiger partial charge in [0.2, 0.25) is 11.8 Å². The van der Waals surface area contributed by atoms with Crippen LogP contribution in [0.2, 0.25) is 5.02 Å². The highest BCUT2D eigenvalue weighted by molar-refractivity contribution is 6.32. The van der Waals surface area contributed by atoms with Gasteiger partial charge in [0.1, 0.15) is 5.75 Å². The fraction of sp³-hybridized carbons (Fsp3) is 0.300. The molecule has 0 aliphatic heterocycles. The quantitative estimate of drug-likeness (QED) is 0.814. The van der Waals surface area contributed by atoms with E-state index in [1.165, 1.54) is 7.11 Å². The molecule has 136 valence electrons. The lowest BCUT2D eigenvalue weighted by atomic mass is 10.1. The molecule has 0 spiro atoms. The predicted octanol–water partition coefficient (Wildman–Crippen LogP) is 3.55. The van der Waals surface area contributed by atoms with E-state index in [9.17, 15) is 9.59 Å². The number of amides is 2. The molecule has 1 fully saturated rings. The van der Waals surface area contributed by atoms with Crippen LogP contribution in [0.25, 0.3) is 0 Å². The minimum Gasteiger partial charge on any atom is -0.495 e. The third kappa shape index (κ3) is 4.35. The zero-order valence-corrected chi connectivity index (χ0v) is 15.5. The van der Waals surface area contributed by atoms with Crippen LogP contribution in [-0.2, 0) is 16.1 Å². The molecule has 0 saturated heterocycles. The Morgan fingerprint density at radius 1 is 1.15 bits per heavy atom. The number of carbonyl (C=O) groups is 2. The fourth-order valence-corrected chi connectivity index (χ4v) is 3.15. The molecule has 5 nitrogen and oxygen atoms in total. The maximum absolute atomic E-state index is 12.3. The Morgan fingerprint density at radius 3 is 2.62 bits per heavy atom. The normalized spacial score (nSPS) is 18.1. The highest BCUT2D eigenvalue weighted by Crippen LogP contribution is 2.40. The van der Waals surface area contributed by atoms with E-state index in [4.69, 9.17) is 16.3 Å². The number of nitrogens with one attached hydrogen (secondary N) is 2. The second-order valence-corrected chi connectivity index (χ2v) is 6.90. The van der Waals surface area contributed by atoms with Crippen LogP contribution in [0.4, 0.5) is 5.69 Å². The van der Waals surface area contributed by atoms with Crippen LogP contribution in [0.1, 0.15) is 17.5 Å². The summed E-state index contributed by atoms with van der Waals surface area (Å²) >= 11 is 6.06. The van der Waals surface area contributed by atoms with Crippen molar-refractivity contribution in [2.45, 2.75) is 19.9 Å². The largest absolute Gasteiger partial charge is 0.495 e. The molecule has 0 radical (unpaired) electrons. The van der Waals surface area contributed by atoms with Gasteiger partial charge in [-0.2, -0.15) is 0 Å². The summed E-state index contributed by atoms with van der Waals surface area (Å²) in [6.45, 7) is 2.48. The number of benzene rings is 2. The van der Waals surface area contributed by atoms with Crippen molar-refractivity contribution in [1.29, 1.82) is 0 Å². The maximum Gasteiger partial charge on any atom is 0.228 e. The number of hydrogen-bond donors (Lipinski definition) is 2. The monoisotopic (exact) mass is 372 g/mol. The zero-order chi connectivity index (χ0) is 18.7. The van der Waals surface area contributed by atoms with Crippen molar-refractivity contribution in [3.05, 3.63) is 58.6 Å². The molecule has 3 rings (SSSR count). The van der Waals surface area contributed by atoms with Crippen LogP contribution < -0.4 is 15.4 Å². The maximum atomic E-state index is 12.3. The second-order valence-electron chi connectivity index (χ2n) is 6.49. The fourth-order valence-electron chi connectivity index (χ4n) is 2.90. The highest BCUT2D eigenvalue weighted by atomic mass is 35.5. The summed E-state index contributed by atoms with van der Waals surface area (Å²) in [6.07, 6.45) is 0.565. The van der Waals surface area contributed by atoms with Crippen LogP contribution >= 0.6 is 11.6 Å². The third-order valence-corrected chi connectivity index (χ3v) is 4.73. The van der Waals surface area contributed by atoms with Crippen molar-refractivity contribution in [1.82, 2.24) is 5.32 Å². The zero-order valence-electron chi connectivity index (χ0n) is 14.7. The smallest absolute Gasteiger partial charge is 0.228 e. The first-order valence-electron chi connectivity index (χ1n) is 8.45. The topological polar surface area (TPSA) is 67.4 Å². The molecular formula is C20H21ClN2O3. The Labute approximate surface area is 157 Å². The molecular weight excluding hydrogens is 352 g/mol. The summed E-state index contributed by atoms with van der Waals surface area (Å²) in [4.78, 5) is 24.5. The van der Waals surface area contributed by atoms with Gasteiger partial charge in [0.25, 0.3) is 0 Å². The summed E-state index contributed by atoms with van der Waals surface area (Å²) in [6, 6.07) is 13.0. The van der Waals surface area contributed by atoms with Gasteiger partial charge in [-0.3, -0.25) is 9.59 Å². The summed E-state index contributed by atoms with van der Waals surface area (Å²) in [5.74, 6) is -0.271. The molecule has 6 heteroatoms. The van der Waals surface area contributed by atoms with Gasteiger partial charge in [0, 0.05) is 12.2 Å². The Balaban J connectivity index is 1.50. The SMILES string of the molecule is COc1ccc(NC(=O)C2CC2C(=O)NCc2cccc(C)c2)cc1Cl. The van der Waals surface area contributed by atoms with Crippen LogP contribution in [-0.4, -0.2) is 18.9 Å². The average molecular weight is 373 g/mol. The van der Waals surface area contributed by atoms with Gasteiger partial charge in [-0.05, 0) is 37.1 Å². The lowest BCUT2D eigenvalue weighted by Gasteiger charge is -2.08. The van der Waals surface area contributed by atoms with Crippen molar-refractivity contribution in [2.75, 3.05) is 12.4 Å². The van der Waals surface area contributed by atoms with Crippen molar-refractivity contribution >= 4 is 29.1 Å². The molecule has 2 atom stereocenters. The molecule has 1 saturated carbocycles. The lowest BCUT2D eigenvalue weighted by Crippen LogP contribution is -2.27. The van der Waals surface area contributed by atoms with Crippen LogP contribution in [0.5, 0.6) is 5.75 Å². The summed E-state index contributed by atoms with van der Waals surface area (Å²) in [7, 11) is 1.53. The molecule has 1 aliphatic carbocycles. The summed E-state index contributed by atoms with van der Waals surface area (Å²) in [5.41, 5.74) is 2.79. The molecule has 2 aromatic carbocycles. The van der Waals surface area contributed by atoms with E-state index in [-0.39, 0.29) is 23.7 Å². The van der Waals surface area contributed by atoms with E-state index in [1.54, 1.807) is 18.2 Å².